The number of rotatable bonds is 4. The molecule has 0 aliphatic heterocycles. The van der Waals surface area contributed by atoms with Gasteiger partial charge >= 0.3 is 0 Å². The highest BCUT2D eigenvalue weighted by Crippen LogP contribution is 2.46. The van der Waals surface area contributed by atoms with Crippen LogP contribution in [0.1, 0.15) is 22.3 Å². The van der Waals surface area contributed by atoms with Crippen molar-refractivity contribution in [1.82, 2.24) is 9.97 Å². The van der Waals surface area contributed by atoms with Crippen LogP contribution in [0.3, 0.4) is 0 Å². The predicted molar refractivity (Wildman–Crippen MR) is 297 cm³/mol. The monoisotopic (exact) mass is 1000 g/mol. The van der Waals surface area contributed by atoms with Gasteiger partial charge < -0.3 is 19.1 Å². The lowest BCUT2D eigenvalue weighted by Crippen LogP contribution is -2.16. The molecule has 0 saturated carbocycles. The molecule has 10 heteroatoms. The molecular weight excluding hydrogens is 960 g/mol. The first-order valence-electron chi connectivity index (χ1n) is 24.0. The number of methoxy groups -OCH3 is 2. The number of Topliss-reactive ketones (excluding diaryl/α,β-unsaturated/α-hetero) is 2. The lowest BCUT2D eigenvalue weighted by atomic mass is 9.78. The van der Waals surface area contributed by atoms with E-state index in [2.05, 4.69) is 167 Å². The Labute approximate surface area is 437 Å². The average molecular weight is 1000 g/mol. The van der Waals surface area contributed by atoms with E-state index in [1.54, 1.807) is 14.2 Å². The molecule has 2 aromatic heterocycles. The van der Waals surface area contributed by atoms with Crippen LogP contribution >= 0.6 is 23.2 Å². The summed E-state index contributed by atoms with van der Waals surface area (Å²) < 4.78 is 10.8. The quantitative estimate of drug-likeness (QED) is 0.0755. The molecule has 10 aromatic rings. The summed E-state index contributed by atoms with van der Waals surface area (Å²) in [6.45, 7) is 13.3. The van der Waals surface area contributed by atoms with Gasteiger partial charge in [0.15, 0.2) is 11.6 Å². The number of aromatic nitrogens is 2. The normalized spacial score (nSPS) is 13.4. The number of fused-ring (bicyclic) bond motifs is 12. The van der Waals surface area contributed by atoms with Crippen molar-refractivity contribution >= 4 is 78.1 Å². The number of hydrogen-bond acceptors (Lipinski definition) is 6. The highest BCUT2D eigenvalue weighted by Gasteiger charge is 2.34. The van der Waals surface area contributed by atoms with Crippen molar-refractivity contribution in [3.05, 3.63) is 236 Å². The molecule has 3 aliphatic carbocycles. The number of benzene rings is 8. The molecule has 0 fully saturated rings. The first-order valence-corrected chi connectivity index (χ1v) is 24.7. The number of ketones is 2. The molecule has 13 rings (SSSR count). The molecule has 356 valence electrons. The highest BCUT2D eigenvalue weighted by molar-refractivity contribution is 6.59. The molecule has 0 radical (unpaired) electrons. The number of pyridine rings is 2. The third-order valence-corrected chi connectivity index (χ3v) is 14.8. The number of aryl methyl sites for hydroxylation is 2. The number of ether oxygens (including phenoxy) is 2. The van der Waals surface area contributed by atoms with Crippen LogP contribution in [-0.4, -0.2) is 35.8 Å². The van der Waals surface area contributed by atoms with Crippen molar-refractivity contribution < 1.29 is 19.1 Å². The van der Waals surface area contributed by atoms with Gasteiger partial charge in [-0.05, 0) is 99.7 Å². The Bertz CT molecular complexity index is 3920. The fraction of sp³-hybridized carbons (Fsp3) is 0.0938. The van der Waals surface area contributed by atoms with Gasteiger partial charge in [0.1, 0.15) is 11.5 Å². The Hall–Kier alpha value is -8.92. The van der Waals surface area contributed by atoms with Crippen LogP contribution in [0, 0.1) is 13.1 Å². The van der Waals surface area contributed by atoms with E-state index in [1.165, 1.54) is 88.0 Å². The SMILES string of the molecule is COc1ccc(-c2c3c(nc4c2CCc2ccccc2-4)-c2ccccc2CC3)cc1.COc1ccc(-c2c3ccc4ccccc4c3nc3c2ccc2ccccc23)cc1.[C-]#[N+]C1=C([N+]#[C-])C(=O)C(Cl)=C(Cl)C1=O. The molecule has 0 amide bonds. The number of carbonyl (C=O) groups is 2. The lowest BCUT2D eigenvalue weighted by Gasteiger charge is -2.29. The van der Waals surface area contributed by atoms with E-state index in [4.69, 9.17) is 55.8 Å². The van der Waals surface area contributed by atoms with E-state index >= 15 is 0 Å². The first-order chi connectivity index (χ1) is 36.2. The van der Waals surface area contributed by atoms with Gasteiger partial charge in [-0.3, -0.25) is 0 Å². The molecule has 3 aliphatic rings. The third kappa shape index (κ3) is 8.31. The largest absolute Gasteiger partial charge is 0.497 e. The highest BCUT2D eigenvalue weighted by atomic mass is 35.5. The minimum atomic E-state index is -0.878. The summed E-state index contributed by atoms with van der Waals surface area (Å²) in [6.07, 6.45) is 4.22. The van der Waals surface area contributed by atoms with Crippen molar-refractivity contribution in [3.63, 3.8) is 0 Å². The Morgan fingerprint density at radius 2 is 0.851 bits per heavy atom. The van der Waals surface area contributed by atoms with Gasteiger partial charge in [-0.15, -0.1) is 0 Å². The maximum absolute atomic E-state index is 11.2. The molecule has 0 N–H and O–H groups in total. The van der Waals surface area contributed by atoms with E-state index < -0.39 is 33.0 Å². The van der Waals surface area contributed by atoms with Gasteiger partial charge in [-0.1, -0.05) is 169 Å². The van der Waals surface area contributed by atoms with Crippen LogP contribution in [0.2, 0.25) is 0 Å². The van der Waals surface area contributed by atoms with Crippen molar-refractivity contribution in [3.8, 4) is 56.3 Å². The Balaban J connectivity index is 0.000000128. The van der Waals surface area contributed by atoms with Gasteiger partial charge in [0.25, 0.3) is 0 Å². The lowest BCUT2D eigenvalue weighted by molar-refractivity contribution is -0.115. The van der Waals surface area contributed by atoms with Gasteiger partial charge in [0.05, 0.1) is 59.8 Å². The zero-order valence-corrected chi connectivity index (χ0v) is 41.7. The summed E-state index contributed by atoms with van der Waals surface area (Å²) in [6, 6.07) is 60.2. The van der Waals surface area contributed by atoms with Crippen molar-refractivity contribution in [2.45, 2.75) is 25.7 Å². The second-order valence-corrected chi connectivity index (χ2v) is 18.7. The Morgan fingerprint density at radius 3 is 1.28 bits per heavy atom. The molecule has 0 saturated heterocycles. The van der Waals surface area contributed by atoms with E-state index in [1.807, 2.05) is 12.1 Å². The maximum atomic E-state index is 11.2. The topological polar surface area (TPSA) is 87.1 Å². The van der Waals surface area contributed by atoms with Crippen molar-refractivity contribution in [2.24, 2.45) is 0 Å². The number of nitrogens with zero attached hydrogens (tertiary/aromatic N) is 4. The van der Waals surface area contributed by atoms with Crippen LogP contribution < -0.4 is 9.47 Å². The summed E-state index contributed by atoms with van der Waals surface area (Å²) in [5, 5.41) is 6.10. The number of allylic oxidation sites excluding steroid dienone is 2. The Morgan fingerprint density at radius 1 is 0.446 bits per heavy atom. The molecule has 2 heterocycles. The molecule has 0 unspecified atom stereocenters. The summed E-state index contributed by atoms with van der Waals surface area (Å²) in [4.78, 5) is 38.6. The minimum Gasteiger partial charge on any atom is -0.497 e. The molecule has 0 bridgehead atoms. The number of halogens is 2. The summed E-state index contributed by atoms with van der Waals surface area (Å²) >= 11 is 10.8. The van der Waals surface area contributed by atoms with Gasteiger partial charge in [-0.2, -0.15) is 0 Å². The van der Waals surface area contributed by atoms with Crippen LogP contribution in [0.5, 0.6) is 11.5 Å². The average Bonchev–Trinajstić information content (AvgIpc) is 3.47. The van der Waals surface area contributed by atoms with Crippen LogP contribution in [0.25, 0.3) is 97.8 Å². The van der Waals surface area contributed by atoms with Gasteiger partial charge in [0, 0.05) is 38.2 Å². The van der Waals surface area contributed by atoms with E-state index in [9.17, 15) is 9.59 Å². The zero-order chi connectivity index (χ0) is 51.0. The van der Waals surface area contributed by atoms with Crippen molar-refractivity contribution in [1.29, 1.82) is 0 Å². The minimum absolute atomic E-state index is 0.505. The number of hydrogen-bond donors (Lipinski definition) is 0. The number of carbonyl (C=O) groups excluding carboxylic acids is 2. The van der Waals surface area contributed by atoms with Crippen LogP contribution in [0.4, 0.5) is 0 Å². The molecule has 0 atom stereocenters. The Kier molecular flexibility index (Phi) is 12.8. The second-order valence-electron chi connectivity index (χ2n) is 18.0. The molecule has 8 aromatic carbocycles. The van der Waals surface area contributed by atoms with Crippen LogP contribution in [0.15, 0.2) is 191 Å². The predicted octanol–water partition coefficient (Wildman–Crippen LogP) is 15.5. The standard InChI is InChI=1S/C28H23NO.C28H19NO.C8Cl2N2O2/c2*1-30-21-14-10-20(11-15-21)26-24-16-12-18-6-2-4-8-22(18)27(24)29-28-23-9-5-3-7-19(23)13-17-25(26)28;1-11-5-6(12-2)8(14)4(10)3(9)7(5)13/h2-11,14-15H,12-13,16-17H2,1H3;2-17H,1H3;. The first kappa shape index (κ1) is 47.4. The maximum Gasteiger partial charge on any atom is 0.246 e. The fourth-order valence-electron chi connectivity index (χ4n) is 10.5. The molecule has 8 nitrogen and oxygen atoms in total. The van der Waals surface area contributed by atoms with Crippen LogP contribution in [-0.2, 0) is 35.3 Å². The smallest absolute Gasteiger partial charge is 0.246 e. The molecule has 74 heavy (non-hydrogen) atoms. The van der Waals surface area contributed by atoms with Gasteiger partial charge in [-0.25, -0.2) is 19.7 Å². The summed E-state index contributed by atoms with van der Waals surface area (Å²) in [7, 11) is 3.42. The molecule has 0 spiro atoms. The van der Waals surface area contributed by atoms with Gasteiger partial charge in [0.2, 0.25) is 11.4 Å². The van der Waals surface area contributed by atoms with E-state index in [0.29, 0.717) is 0 Å². The fourth-order valence-corrected chi connectivity index (χ4v) is 10.8. The molecular formula is C64H42Cl2N4O4. The van der Waals surface area contributed by atoms with Crippen molar-refractivity contribution in [2.75, 3.05) is 14.2 Å². The third-order valence-electron chi connectivity index (χ3n) is 14.0. The summed E-state index contributed by atoms with van der Waals surface area (Å²) in [5.41, 5.74) is 16.5. The van der Waals surface area contributed by atoms with E-state index in [0.717, 1.165) is 59.6 Å². The van der Waals surface area contributed by atoms with E-state index in [-0.39, 0.29) is 0 Å². The zero-order valence-electron chi connectivity index (χ0n) is 40.2. The second kappa shape index (κ2) is 19.9. The summed E-state index contributed by atoms with van der Waals surface area (Å²) in [5.74, 6) is -0.00178.